The Balaban J connectivity index is 1.70. The lowest BCUT2D eigenvalue weighted by Crippen LogP contribution is -2.36. The van der Waals surface area contributed by atoms with Crippen LogP contribution in [0, 0.1) is 16.0 Å². The molecule has 4 rings (SSSR count). The van der Waals surface area contributed by atoms with Crippen molar-refractivity contribution in [1.29, 1.82) is 0 Å². The Morgan fingerprint density at radius 2 is 1.84 bits per heavy atom. The molecule has 0 spiro atoms. The number of nitro groups is 1. The van der Waals surface area contributed by atoms with Gasteiger partial charge in [-0.1, -0.05) is 24.3 Å². The summed E-state index contributed by atoms with van der Waals surface area (Å²) in [6, 6.07) is 13.7. The van der Waals surface area contributed by atoms with Crippen LogP contribution in [-0.2, 0) is 19.1 Å². The molecule has 10 nitrogen and oxygen atoms in total. The highest BCUT2D eigenvalue weighted by atomic mass is 32.1. The molecule has 0 bridgehead atoms. The number of rotatable bonds is 7. The van der Waals surface area contributed by atoms with Gasteiger partial charge in [-0.3, -0.25) is 19.9 Å². The van der Waals surface area contributed by atoms with Gasteiger partial charge in [-0.05, 0) is 37.6 Å². The Kier molecular flexibility index (Phi) is 7.44. The van der Waals surface area contributed by atoms with E-state index in [1.54, 1.807) is 43.5 Å². The normalized spacial score (nSPS) is 17.1. The van der Waals surface area contributed by atoms with Gasteiger partial charge in [0.25, 0.3) is 5.69 Å². The molecule has 3 aromatic rings. The number of nitro benzene ring substituents is 1. The summed E-state index contributed by atoms with van der Waals surface area (Å²) in [5.74, 6) is -2.55. The van der Waals surface area contributed by atoms with E-state index in [1.807, 2.05) is 18.2 Å². The van der Waals surface area contributed by atoms with Crippen molar-refractivity contribution in [2.24, 2.45) is 10.9 Å². The number of anilines is 2. The van der Waals surface area contributed by atoms with E-state index in [2.05, 4.69) is 15.3 Å². The molecule has 0 saturated carbocycles. The van der Waals surface area contributed by atoms with Crippen molar-refractivity contribution >= 4 is 45.5 Å². The molecule has 0 aliphatic carbocycles. The fraction of sp³-hybridized carbons (Fsp3) is 0.231. The smallest absolute Gasteiger partial charge is 0.336 e. The molecule has 37 heavy (non-hydrogen) atoms. The number of hydrogen-bond acceptors (Lipinski definition) is 10. The molecule has 2 atom stereocenters. The van der Waals surface area contributed by atoms with E-state index in [0.717, 1.165) is 0 Å². The molecule has 0 amide bonds. The SMILES string of the molecule is COC(=O)C1=C(C)N=C(C)C(C(=O)OC)C1c1cccc(Nc2nc(-c3ccccc3[N+](=O)[O-])cs2)c1. The number of nitrogens with zero attached hydrogens (tertiary/aromatic N) is 3. The van der Waals surface area contributed by atoms with Crippen LogP contribution in [0.5, 0.6) is 0 Å². The van der Waals surface area contributed by atoms with Gasteiger partial charge in [-0.25, -0.2) is 9.78 Å². The highest BCUT2D eigenvalue weighted by Crippen LogP contribution is 2.41. The van der Waals surface area contributed by atoms with Gasteiger partial charge in [0, 0.05) is 34.5 Å². The predicted octanol–water partition coefficient (Wildman–Crippen LogP) is 5.26. The predicted molar refractivity (Wildman–Crippen MR) is 140 cm³/mol. The van der Waals surface area contributed by atoms with Crippen LogP contribution in [0.1, 0.15) is 25.3 Å². The van der Waals surface area contributed by atoms with Crippen molar-refractivity contribution in [3.05, 3.63) is 80.9 Å². The van der Waals surface area contributed by atoms with E-state index >= 15 is 0 Å². The summed E-state index contributed by atoms with van der Waals surface area (Å²) in [7, 11) is 2.58. The number of allylic oxidation sites excluding steroid dienone is 1. The molecule has 0 fully saturated rings. The molecular formula is C26H24N4O6S. The number of methoxy groups -OCH3 is 2. The second-order valence-corrected chi connectivity index (χ2v) is 9.14. The first-order chi connectivity index (χ1) is 17.7. The zero-order valence-electron chi connectivity index (χ0n) is 20.6. The van der Waals surface area contributed by atoms with Gasteiger partial charge in [0.15, 0.2) is 5.13 Å². The fourth-order valence-electron chi connectivity index (χ4n) is 4.44. The fourth-order valence-corrected chi connectivity index (χ4v) is 5.17. The lowest BCUT2D eigenvalue weighted by molar-refractivity contribution is -0.384. The Morgan fingerprint density at radius 3 is 2.54 bits per heavy atom. The monoisotopic (exact) mass is 520 g/mol. The Morgan fingerprint density at radius 1 is 1.08 bits per heavy atom. The minimum absolute atomic E-state index is 0.0259. The van der Waals surface area contributed by atoms with Crippen LogP contribution >= 0.6 is 11.3 Å². The van der Waals surface area contributed by atoms with Gasteiger partial charge in [0.2, 0.25) is 0 Å². The summed E-state index contributed by atoms with van der Waals surface area (Å²) in [6.45, 7) is 3.44. The minimum atomic E-state index is -0.803. The Hall–Kier alpha value is -4.38. The molecule has 2 heterocycles. The first-order valence-corrected chi connectivity index (χ1v) is 12.1. The first kappa shape index (κ1) is 25.7. The minimum Gasteiger partial charge on any atom is -0.468 e. The average Bonchev–Trinajstić information content (AvgIpc) is 3.35. The van der Waals surface area contributed by atoms with Crippen LogP contribution in [0.15, 0.2) is 70.2 Å². The number of carbonyl (C=O) groups is 2. The lowest BCUT2D eigenvalue weighted by Gasteiger charge is -2.31. The zero-order chi connectivity index (χ0) is 26.7. The van der Waals surface area contributed by atoms with Crippen molar-refractivity contribution in [2.75, 3.05) is 19.5 Å². The summed E-state index contributed by atoms with van der Waals surface area (Å²) in [6.07, 6.45) is 0. The van der Waals surface area contributed by atoms with Gasteiger partial charge in [0.1, 0.15) is 5.92 Å². The summed E-state index contributed by atoms with van der Waals surface area (Å²) in [5, 5.41) is 16.9. The van der Waals surface area contributed by atoms with Crippen molar-refractivity contribution in [1.82, 2.24) is 4.98 Å². The number of para-hydroxylation sites is 1. The van der Waals surface area contributed by atoms with Crippen LogP contribution in [0.2, 0.25) is 0 Å². The maximum Gasteiger partial charge on any atom is 0.336 e. The summed E-state index contributed by atoms with van der Waals surface area (Å²) in [4.78, 5) is 45.4. The van der Waals surface area contributed by atoms with Crippen molar-refractivity contribution in [2.45, 2.75) is 19.8 Å². The van der Waals surface area contributed by atoms with E-state index in [4.69, 9.17) is 9.47 Å². The quantitative estimate of drug-likeness (QED) is 0.253. The maximum absolute atomic E-state index is 12.8. The third-order valence-corrected chi connectivity index (χ3v) is 6.82. The summed E-state index contributed by atoms with van der Waals surface area (Å²) >= 11 is 1.30. The highest BCUT2D eigenvalue weighted by molar-refractivity contribution is 7.14. The Labute approximate surface area is 216 Å². The van der Waals surface area contributed by atoms with Crippen molar-refractivity contribution < 1.29 is 24.0 Å². The number of carbonyl (C=O) groups excluding carboxylic acids is 2. The van der Waals surface area contributed by atoms with Crippen molar-refractivity contribution in [3.63, 3.8) is 0 Å². The maximum atomic E-state index is 12.8. The highest BCUT2D eigenvalue weighted by Gasteiger charge is 2.42. The Bertz CT molecular complexity index is 1440. The van der Waals surface area contributed by atoms with E-state index in [0.29, 0.717) is 39.0 Å². The van der Waals surface area contributed by atoms with E-state index < -0.39 is 28.7 Å². The molecule has 0 radical (unpaired) electrons. The molecule has 0 saturated heterocycles. The van der Waals surface area contributed by atoms with E-state index in [9.17, 15) is 19.7 Å². The van der Waals surface area contributed by atoms with Gasteiger partial charge in [-0.2, -0.15) is 0 Å². The standard InChI is InChI=1S/C26H24N4O6S/c1-14-21(24(31)35-3)23(22(15(2)27-14)25(32)36-4)16-8-7-9-17(12-16)28-26-29-19(13-37-26)18-10-5-6-11-20(18)30(33)34/h5-13,21,23H,1-4H3,(H,28,29). The van der Waals surface area contributed by atoms with Gasteiger partial charge in [0.05, 0.1) is 36.0 Å². The molecule has 11 heteroatoms. The molecule has 1 aliphatic rings. The number of benzene rings is 2. The van der Waals surface area contributed by atoms with Crippen LogP contribution in [0.25, 0.3) is 11.3 Å². The van der Waals surface area contributed by atoms with E-state index in [1.165, 1.54) is 31.6 Å². The van der Waals surface area contributed by atoms with Crippen LogP contribution in [0.4, 0.5) is 16.5 Å². The molecular weight excluding hydrogens is 496 g/mol. The largest absolute Gasteiger partial charge is 0.468 e. The lowest BCUT2D eigenvalue weighted by atomic mass is 9.75. The third-order valence-electron chi connectivity index (χ3n) is 6.07. The number of nitrogens with one attached hydrogen (secondary N) is 1. The molecule has 2 aromatic carbocycles. The van der Waals surface area contributed by atoms with Crippen LogP contribution < -0.4 is 5.32 Å². The zero-order valence-corrected chi connectivity index (χ0v) is 21.4. The van der Waals surface area contributed by atoms with Gasteiger partial charge >= 0.3 is 11.9 Å². The van der Waals surface area contributed by atoms with Crippen molar-refractivity contribution in [3.8, 4) is 11.3 Å². The molecule has 1 N–H and O–H groups in total. The molecule has 190 valence electrons. The third kappa shape index (κ3) is 5.12. The number of aliphatic imine (C=N–C) groups is 1. The second kappa shape index (κ2) is 10.7. The number of ether oxygens (including phenoxy) is 2. The second-order valence-electron chi connectivity index (χ2n) is 8.28. The number of thiazole rings is 1. The van der Waals surface area contributed by atoms with E-state index in [-0.39, 0.29) is 11.3 Å². The number of esters is 2. The topological polar surface area (TPSA) is 133 Å². The van der Waals surface area contributed by atoms with Gasteiger partial charge < -0.3 is 14.8 Å². The average molecular weight is 521 g/mol. The molecule has 1 aliphatic heterocycles. The number of aromatic nitrogens is 1. The van der Waals surface area contributed by atoms with Gasteiger partial charge in [-0.15, -0.1) is 11.3 Å². The van der Waals surface area contributed by atoms with Crippen LogP contribution in [-0.4, -0.2) is 41.8 Å². The molecule has 2 unspecified atom stereocenters. The number of hydrogen-bond donors (Lipinski definition) is 1. The van der Waals surface area contributed by atoms with Crippen LogP contribution in [0.3, 0.4) is 0 Å². The summed E-state index contributed by atoms with van der Waals surface area (Å²) in [5.41, 5.74) is 3.52. The molecule has 1 aromatic heterocycles. The summed E-state index contributed by atoms with van der Waals surface area (Å²) < 4.78 is 10.1. The first-order valence-electron chi connectivity index (χ1n) is 11.2.